The van der Waals surface area contributed by atoms with Crippen molar-refractivity contribution in [2.24, 2.45) is 5.10 Å². The molecule has 1 amide bonds. The number of hydrogen-bond acceptors (Lipinski definition) is 3. The average molecular weight is 457 g/mol. The maximum atomic E-state index is 12.5. The zero-order chi connectivity index (χ0) is 23.2. The summed E-state index contributed by atoms with van der Waals surface area (Å²) in [6, 6.07) is 25.6. The molecule has 0 radical (unpaired) electrons. The Balaban J connectivity index is 1.52. The summed E-state index contributed by atoms with van der Waals surface area (Å²) in [5.41, 5.74) is 7.70. The molecule has 33 heavy (non-hydrogen) atoms. The van der Waals surface area contributed by atoms with Gasteiger partial charge in [0.05, 0.1) is 12.6 Å². The fraction of sp³-hybridized carbons (Fsp3) is 0.143. The van der Waals surface area contributed by atoms with E-state index >= 15 is 0 Å². The Morgan fingerprint density at radius 3 is 2.67 bits per heavy atom. The fourth-order valence-electron chi connectivity index (χ4n) is 3.75. The molecule has 0 unspecified atom stereocenters. The monoisotopic (exact) mass is 456 g/mol. The predicted octanol–water partition coefficient (Wildman–Crippen LogP) is 6.38. The molecule has 0 heterocycles. The molecule has 5 heteroatoms. The third kappa shape index (κ3) is 5.79. The van der Waals surface area contributed by atoms with Crippen molar-refractivity contribution in [1.82, 2.24) is 5.43 Å². The van der Waals surface area contributed by atoms with Gasteiger partial charge in [-0.25, -0.2) is 5.43 Å². The Labute approximate surface area is 198 Å². The Bertz CT molecular complexity index is 1330. The van der Waals surface area contributed by atoms with Crippen molar-refractivity contribution in [2.75, 3.05) is 0 Å². The lowest BCUT2D eigenvalue weighted by molar-refractivity contribution is -0.120. The molecular weight excluding hydrogens is 432 g/mol. The third-order valence-corrected chi connectivity index (χ3v) is 5.68. The zero-order valence-electron chi connectivity index (χ0n) is 18.6. The highest BCUT2D eigenvalue weighted by Gasteiger charge is 2.09. The number of nitrogens with one attached hydrogen (secondary N) is 1. The predicted molar refractivity (Wildman–Crippen MR) is 135 cm³/mol. The van der Waals surface area contributed by atoms with Crippen molar-refractivity contribution in [2.45, 2.75) is 26.9 Å². The van der Waals surface area contributed by atoms with E-state index < -0.39 is 0 Å². The summed E-state index contributed by atoms with van der Waals surface area (Å²) in [6.07, 6.45) is 1.92. The first-order valence-electron chi connectivity index (χ1n) is 10.8. The Kier molecular flexibility index (Phi) is 7.06. The van der Waals surface area contributed by atoms with Gasteiger partial charge < -0.3 is 4.74 Å². The second-order valence-corrected chi connectivity index (χ2v) is 8.45. The molecule has 1 N–H and O–H groups in total. The molecule has 4 aromatic rings. The standard InChI is InChI=1S/C28H25ClN2O2/c1-19-10-11-23(20(2)14-19)16-28(32)31-30-17-26-25-9-4-3-7-22(25)12-13-27(26)33-18-21-6-5-8-24(29)15-21/h3-15,17H,16,18H2,1-2H3,(H,31,32)/b30-17+. The van der Waals surface area contributed by atoms with Crippen LogP contribution in [-0.2, 0) is 17.8 Å². The van der Waals surface area contributed by atoms with Crippen molar-refractivity contribution in [3.05, 3.63) is 112 Å². The molecule has 4 rings (SSSR count). The van der Waals surface area contributed by atoms with E-state index in [1.807, 2.05) is 86.6 Å². The molecule has 0 bridgehead atoms. The molecule has 166 valence electrons. The van der Waals surface area contributed by atoms with Gasteiger partial charge in [-0.1, -0.05) is 77.8 Å². The van der Waals surface area contributed by atoms with Crippen LogP contribution < -0.4 is 10.2 Å². The van der Waals surface area contributed by atoms with Crippen molar-refractivity contribution in [1.29, 1.82) is 0 Å². The summed E-state index contributed by atoms with van der Waals surface area (Å²) in [5.74, 6) is 0.515. The molecule has 0 saturated heterocycles. The summed E-state index contributed by atoms with van der Waals surface area (Å²) >= 11 is 6.09. The van der Waals surface area contributed by atoms with E-state index in [0.29, 0.717) is 17.4 Å². The number of hydrazone groups is 1. The molecule has 0 aromatic heterocycles. The second kappa shape index (κ2) is 10.3. The van der Waals surface area contributed by atoms with E-state index in [-0.39, 0.29) is 12.3 Å². The number of carbonyl (C=O) groups excluding carboxylic acids is 1. The van der Waals surface area contributed by atoms with E-state index in [1.54, 1.807) is 6.21 Å². The van der Waals surface area contributed by atoms with Crippen LogP contribution in [0.3, 0.4) is 0 Å². The quantitative estimate of drug-likeness (QED) is 0.259. The van der Waals surface area contributed by atoms with E-state index in [2.05, 4.69) is 16.6 Å². The number of halogens is 1. The van der Waals surface area contributed by atoms with Crippen LogP contribution in [0.25, 0.3) is 10.8 Å². The van der Waals surface area contributed by atoms with E-state index in [4.69, 9.17) is 16.3 Å². The normalized spacial score (nSPS) is 11.1. The summed E-state index contributed by atoms with van der Waals surface area (Å²) in [5, 5.41) is 6.97. The molecule has 4 aromatic carbocycles. The summed E-state index contributed by atoms with van der Waals surface area (Å²) in [6.45, 7) is 4.43. The van der Waals surface area contributed by atoms with Gasteiger partial charge in [-0.2, -0.15) is 5.10 Å². The smallest absolute Gasteiger partial charge is 0.244 e. The lowest BCUT2D eigenvalue weighted by atomic mass is 10.0. The van der Waals surface area contributed by atoms with Gasteiger partial charge in [0.2, 0.25) is 5.91 Å². The number of rotatable bonds is 7. The molecule has 0 spiro atoms. The summed E-state index contributed by atoms with van der Waals surface area (Å²) in [4.78, 5) is 12.5. The number of aryl methyl sites for hydroxylation is 2. The molecular formula is C28H25ClN2O2. The van der Waals surface area contributed by atoms with Crippen molar-refractivity contribution in [3.63, 3.8) is 0 Å². The molecule has 0 aliphatic rings. The van der Waals surface area contributed by atoms with Crippen LogP contribution in [0.1, 0.15) is 27.8 Å². The van der Waals surface area contributed by atoms with Gasteiger partial charge in [0.25, 0.3) is 0 Å². The van der Waals surface area contributed by atoms with Gasteiger partial charge in [-0.05, 0) is 59.5 Å². The maximum absolute atomic E-state index is 12.5. The van der Waals surface area contributed by atoms with Gasteiger partial charge in [0.15, 0.2) is 0 Å². The van der Waals surface area contributed by atoms with Gasteiger partial charge >= 0.3 is 0 Å². The lowest BCUT2D eigenvalue weighted by Gasteiger charge is -2.12. The highest BCUT2D eigenvalue weighted by atomic mass is 35.5. The van der Waals surface area contributed by atoms with Crippen LogP contribution in [0.15, 0.2) is 84.0 Å². The zero-order valence-corrected chi connectivity index (χ0v) is 19.4. The van der Waals surface area contributed by atoms with Crippen LogP contribution in [0, 0.1) is 13.8 Å². The molecule has 0 fully saturated rings. The Hall–Kier alpha value is -3.63. The number of amides is 1. The fourth-order valence-corrected chi connectivity index (χ4v) is 3.96. The van der Waals surface area contributed by atoms with E-state index in [9.17, 15) is 4.79 Å². The van der Waals surface area contributed by atoms with Crippen LogP contribution in [0.2, 0.25) is 5.02 Å². The van der Waals surface area contributed by atoms with Gasteiger partial charge in [-0.15, -0.1) is 0 Å². The minimum Gasteiger partial charge on any atom is -0.488 e. The summed E-state index contributed by atoms with van der Waals surface area (Å²) < 4.78 is 6.10. The van der Waals surface area contributed by atoms with Crippen LogP contribution >= 0.6 is 11.6 Å². The third-order valence-electron chi connectivity index (χ3n) is 5.45. The number of fused-ring (bicyclic) bond motifs is 1. The first kappa shape index (κ1) is 22.6. The number of nitrogens with zero attached hydrogens (tertiary/aromatic N) is 1. The van der Waals surface area contributed by atoms with Crippen molar-refractivity contribution < 1.29 is 9.53 Å². The SMILES string of the molecule is Cc1ccc(CC(=O)N/N=C/c2c(OCc3cccc(Cl)c3)ccc3ccccc23)c(C)c1. The molecule has 0 aliphatic carbocycles. The highest BCUT2D eigenvalue weighted by Crippen LogP contribution is 2.27. The van der Waals surface area contributed by atoms with Crippen molar-refractivity contribution >= 4 is 34.5 Å². The van der Waals surface area contributed by atoms with Gasteiger partial charge in [-0.3, -0.25) is 4.79 Å². The van der Waals surface area contributed by atoms with Crippen molar-refractivity contribution in [3.8, 4) is 5.75 Å². The van der Waals surface area contributed by atoms with Gasteiger partial charge in [0.1, 0.15) is 12.4 Å². The van der Waals surface area contributed by atoms with E-state index in [0.717, 1.165) is 33.0 Å². The minimum atomic E-state index is -0.167. The minimum absolute atomic E-state index is 0.167. The topological polar surface area (TPSA) is 50.7 Å². The second-order valence-electron chi connectivity index (χ2n) is 8.02. The molecule has 0 saturated carbocycles. The number of ether oxygens (including phenoxy) is 1. The average Bonchev–Trinajstić information content (AvgIpc) is 2.80. The first-order valence-corrected chi connectivity index (χ1v) is 11.1. The Morgan fingerprint density at radius 2 is 1.85 bits per heavy atom. The first-order chi connectivity index (χ1) is 16.0. The molecule has 0 aliphatic heterocycles. The number of hydrogen-bond donors (Lipinski definition) is 1. The maximum Gasteiger partial charge on any atom is 0.244 e. The van der Waals surface area contributed by atoms with Crippen LogP contribution in [0.5, 0.6) is 5.75 Å². The number of carbonyl (C=O) groups is 1. The summed E-state index contributed by atoms with van der Waals surface area (Å²) in [7, 11) is 0. The Morgan fingerprint density at radius 1 is 1.00 bits per heavy atom. The highest BCUT2D eigenvalue weighted by molar-refractivity contribution is 6.30. The van der Waals surface area contributed by atoms with Crippen LogP contribution in [-0.4, -0.2) is 12.1 Å². The molecule has 4 nitrogen and oxygen atoms in total. The largest absolute Gasteiger partial charge is 0.488 e. The van der Waals surface area contributed by atoms with Crippen LogP contribution in [0.4, 0.5) is 0 Å². The van der Waals surface area contributed by atoms with Gasteiger partial charge in [0, 0.05) is 10.6 Å². The molecule has 0 atom stereocenters. The lowest BCUT2D eigenvalue weighted by Crippen LogP contribution is -2.20. The number of benzene rings is 4. The van der Waals surface area contributed by atoms with E-state index in [1.165, 1.54) is 5.56 Å².